The molecule has 0 saturated carbocycles. The van der Waals surface area contributed by atoms with Crippen molar-refractivity contribution >= 4 is 30.0 Å². The van der Waals surface area contributed by atoms with Gasteiger partial charge in [-0.15, -0.1) is 0 Å². The molecule has 0 aliphatic rings. The van der Waals surface area contributed by atoms with Crippen LogP contribution in [0.3, 0.4) is 0 Å². The fourth-order valence-electron chi connectivity index (χ4n) is 4.30. The molecule has 10 nitrogen and oxygen atoms in total. The van der Waals surface area contributed by atoms with Crippen molar-refractivity contribution < 1.29 is 53.8 Å². The summed E-state index contributed by atoms with van der Waals surface area (Å²) in [4.78, 5) is 8.71. The summed E-state index contributed by atoms with van der Waals surface area (Å²) in [5.74, 6) is 0.487. The number of benzene rings is 2. The van der Waals surface area contributed by atoms with Gasteiger partial charge in [0.2, 0.25) is 0 Å². The fraction of sp³-hybridized carbons (Fsp3) is 0.562. The monoisotopic (exact) mass is 713 g/mol. The van der Waals surface area contributed by atoms with E-state index >= 15 is 0 Å². The van der Waals surface area contributed by atoms with Crippen LogP contribution in [0.1, 0.15) is 65.5 Å². The van der Waals surface area contributed by atoms with Crippen LogP contribution in [0.25, 0.3) is 0 Å². The average molecular weight is 715 g/mol. The first-order chi connectivity index (χ1) is 21.3. The summed E-state index contributed by atoms with van der Waals surface area (Å²) in [5, 5.41) is 19.3. The predicted octanol–water partition coefficient (Wildman–Crippen LogP) is 6.50. The molecule has 0 amide bonds. The summed E-state index contributed by atoms with van der Waals surface area (Å²) >= 11 is 0. The number of aliphatic imine (C=N–C) groups is 2. The molecule has 0 aromatic heterocycles. The second-order valence-electron chi connectivity index (χ2n) is 9.36. The summed E-state index contributed by atoms with van der Waals surface area (Å²) in [6.45, 7) is 16.6. The molecule has 0 aliphatic heterocycles. The number of hydrogen-bond donors (Lipinski definition) is 2. The van der Waals surface area contributed by atoms with Crippen molar-refractivity contribution in [2.75, 3.05) is 52.7 Å². The zero-order valence-electron chi connectivity index (χ0n) is 27.8. The number of aromatic hydroxyl groups is 2. The van der Waals surface area contributed by atoms with Crippen molar-refractivity contribution in [2.24, 2.45) is 9.98 Å². The number of rotatable bonds is 22. The Morgan fingerprint density at radius 3 is 1.09 bits per heavy atom. The quantitative estimate of drug-likeness (QED) is 0.0807. The molecule has 0 spiro atoms. The van der Waals surface area contributed by atoms with Crippen LogP contribution >= 0.6 is 0 Å². The molecule has 0 bridgehead atoms. The van der Waals surface area contributed by atoms with Gasteiger partial charge in [0, 0.05) is 88.4 Å². The third kappa shape index (κ3) is 17.5. The van der Waals surface area contributed by atoms with Crippen LogP contribution in [-0.2, 0) is 43.6 Å². The van der Waals surface area contributed by atoms with Crippen LogP contribution in [0, 0.1) is 0 Å². The molecule has 0 unspecified atom stereocenters. The van der Waals surface area contributed by atoms with E-state index in [1.165, 1.54) is 0 Å². The molecular weight excluding hydrogens is 660 g/mol. The standard InChI is InChI=1S/2C16H27NO4Si.Cu/c2*1-4-19-22(20-5-2,21-6-3)13-9-12-17-14-15-10-7-8-11-16(15)18;/h2*7-8,10-11,14,18H,4-6,9,12-13H2,1-3H3;/q;;+2. The maximum atomic E-state index is 9.66. The van der Waals surface area contributed by atoms with E-state index in [2.05, 4.69) is 9.98 Å². The summed E-state index contributed by atoms with van der Waals surface area (Å²) in [6, 6.07) is 15.8. The first-order valence-corrected chi connectivity index (χ1v) is 19.6. The van der Waals surface area contributed by atoms with E-state index in [9.17, 15) is 10.2 Å². The predicted molar refractivity (Wildman–Crippen MR) is 181 cm³/mol. The minimum atomic E-state index is -2.56. The number of para-hydroxylation sites is 2. The van der Waals surface area contributed by atoms with Gasteiger partial charge in [0.25, 0.3) is 0 Å². The zero-order chi connectivity index (χ0) is 32.5. The van der Waals surface area contributed by atoms with E-state index in [-0.39, 0.29) is 28.6 Å². The third-order valence-corrected chi connectivity index (χ3v) is 12.4. The molecular formula is C32H54CuN2O8Si2+2. The molecule has 2 N–H and O–H groups in total. The first kappa shape index (κ1) is 43.1. The minimum absolute atomic E-state index is 0. The van der Waals surface area contributed by atoms with Crippen LogP contribution < -0.4 is 0 Å². The van der Waals surface area contributed by atoms with Crippen LogP contribution in [0.5, 0.6) is 11.5 Å². The van der Waals surface area contributed by atoms with Crippen LogP contribution in [0.2, 0.25) is 12.1 Å². The van der Waals surface area contributed by atoms with E-state index in [0.717, 1.165) is 36.1 Å². The average Bonchev–Trinajstić information content (AvgIpc) is 3.00. The van der Waals surface area contributed by atoms with Crippen LogP contribution in [0.4, 0.5) is 0 Å². The van der Waals surface area contributed by atoms with E-state index in [1.54, 1.807) is 36.7 Å². The van der Waals surface area contributed by atoms with Crippen molar-refractivity contribution in [1.82, 2.24) is 0 Å². The topological polar surface area (TPSA) is 121 Å². The van der Waals surface area contributed by atoms with Gasteiger partial charge in [-0.25, -0.2) is 0 Å². The minimum Gasteiger partial charge on any atom is -0.507 e. The van der Waals surface area contributed by atoms with Gasteiger partial charge >= 0.3 is 34.7 Å². The van der Waals surface area contributed by atoms with Gasteiger partial charge < -0.3 is 36.8 Å². The van der Waals surface area contributed by atoms with Crippen LogP contribution in [-0.4, -0.2) is 93.0 Å². The number of nitrogens with zero attached hydrogens (tertiary/aromatic N) is 2. The summed E-state index contributed by atoms with van der Waals surface area (Å²) in [5.41, 5.74) is 1.45. The SMILES string of the molecule is CCO[Si](CCCN=Cc1ccccc1O)(OCC)OCC.CCO[Si](CCCN=Cc1ccccc1O)(OCC)OCC.[Cu+2]. The summed E-state index contributed by atoms with van der Waals surface area (Å²) in [7, 11) is -5.12. The molecule has 2 aromatic rings. The molecule has 0 aliphatic carbocycles. The van der Waals surface area contributed by atoms with Crippen molar-refractivity contribution in [1.29, 1.82) is 0 Å². The Balaban J connectivity index is 0.000000842. The molecule has 2 rings (SSSR count). The second-order valence-corrected chi connectivity index (χ2v) is 14.8. The van der Waals surface area contributed by atoms with Gasteiger partial charge in [0.1, 0.15) is 11.5 Å². The molecule has 0 fully saturated rings. The molecule has 13 heteroatoms. The second kappa shape index (κ2) is 26.2. The smallest absolute Gasteiger partial charge is 0.507 e. The number of hydrogen-bond acceptors (Lipinski definition) is 10. The van der Waals surface area contributed by atoms with Crippen molar-refractivity contribution in [3.05, 3.63) is 59.7 Å². The fourth-order valence-corrected chi connectivity index (χ4v) is 9.48. The maximum Gasteiger partial charge on any atom is 2.00 e. The Morgan fingerprint density at radius 1 is 0.533 bits per heavy atom. The third-order valence-electron chi connectivity index (χ3n) is 6.06. The van der Waals surface area contributed by atoms with E-state index in [0.29, 0.717) is 52.7 Å². The number of phenols is 2. The first-order valence-electron chi connectivity index (χ1n) is 15.7. The van der Waals surface area contributed by atoms with Gasteiger partial charge in [-0.05, 0) is 78.6 Å². The Bertz CT molecular complexity index is 963. The van der Waals surface area contributed by atoms with E-state index in [1.807, 2.05) is 65.8 Å². The number of phenolic OH excluding ortho intramolecular Hbond substituents is 2. The molecule has 2 aromatic carbocycles. The van der Waals surface area contributed by atoms with Crippen LogP contribution in [0.15, 0.2) is 58.5 Å². The van der Waals surface area contributed by atoms with Crippen molar-refractivity contribution in [2.45, 2.75) is 66.5 Å². The van der Waals surface area contributed by atoms with E-state index < -0.39 is 17.6 Å². The zero-order valence-corrected chi connectivity index (χ0v) is 30.7. The van der Waals surface area contributed by atoms with Gasteiger partial charge in [0.15, 0.2) is 0 Å². The molecule has 45 heavy (non-hydrogen) atoms. The maximum absolute atomic E-state index is 9.66. The van der Waals surface area contributed by atoms with Crippen molar-refractivity contribution in [3.63, 3.8) is 0 Å². The molecule has 1 radical (unpaired) electrons. The van der Waals surface area contributed by atoms with E-state index in [4.69, 9.17) is 26.6 Å². The Hall–Kier alpha value is -1.91. The molecule has 0 saturated heterocycles. The summed E-state index contributed by atoms with van der Waals surface area (Å²) in [6.07, 6.45) is 5.05. The van der Waals surface area contributed by atoms with Gasteiger partial charge in [-0.1, -0.05) is 24.3 Å². The van der Waals surface area contributed by atoms with Gasteiger partial charge in [-0.2, -0.15) is 0 Å². The largest absolute Gasteiger partial charge is 2.00 e. The normalized spacial score (nSPS) is 11.9. The Morgan fingerprint density at radius 2 is 0.822 bits per heavy atom. The Kier molecular flexibility index (Phi) is 25.1. The summed E-state index contributed by atoms with van der Waals surface area (Å²) < 4.78 is 34.8. The molecule has 257 valence electrons. The van der Waals surface area contributed by atoms with Gasteiger partial charge in [0.05, 0.1) is 0 Å². The Labute approximate surface area is 283 Å². The molecule has 0 heterocycles. The molecule has 0 atom stereocenters. The van der Waals surface area contributed by atoms with Crippen molar-refractivity contribution in [3.8, 4) is 11.5 Å². The van der Waals surface area contributed by atoms with Gasteiger partial charge in [-0.3, -0.25) is 9.98 Å².